The van der Waals surface area contributed by atoms with E-state index < -0.39 is 0 Å². The predicted octanol–water partition coefficient (Wildman–Crippen LogP) is 2.62. The Morgan fingerprint density at radius 1 is 1.30 bits per heavy atom. The summed E-state index contributed by atoms with van der Waals surface area (Å²) >= 11 is 0. The van der Waals surface area contributed by atoms with Gasteiger partial charge >= 0.3 is 0 Å². The second-order valence-electron chi connectivity index (χ2n) is 6.18. The maximum absolute atomic E-state index is 12.4. The molecule has 0 spiro atoms. The van der Waals surface area contributed by atoms with Gasteiger partial charge in [-0.2, -0.15) is 0 Å². The molecule has 1 aromatic heterocycles. The molecule has 5 heteroatoms. The molecule has 120 valence electrons. The van der Waals surface area contributed by atoms with E-state index in [1.54, 1.807) is 6.33 Å². The van der Waals surface area contributed by atoms with Crippen molar-refractivity contribution in [3.8, 4) is 0 Å². The normalized spacial score (nSPS) is 16.8. The molecule has 1 aromatic carbocycles. The Bertz CT molecular complexity index is 730. The highest BCUT2D eigenvalue weighted by molar-refractivity contribution is 6.05. The Labute approximate surface area is 136 Å². The third-order valence-electron chi connectivity index (χ3n) is 4.26. The highest BCUT2D eigenvalue weighted by Crippen LogP contribution is 2.46. The van der Waals surface area contributed by atoms with Crippen LogP contribution in [0.15, 0.2) is 42.2 Å². The molecule has 1 aliphatic carbocycles. The summed E-state index contributed by atoms with van der Waals surface area (Å²) in [6.45, 7) is 6.79. The van der Waals surface area contributed by atoms with Crippen LogP contribution in [0.3, 0.4) is 0 Å². The van der Waals surface area contributed by atoms with Crippen molar-refractivity contribution >= 4 is 11.5 Å². The average Bonchev–Trinajstić information content (AvgIpc) is 2.99. The number of hydrogen-bond donors (Lipinski definition) is 1. The molecule has 1 atom stereocenters. The fourth-order valence-electron chi connectivity index (χ4n) is 2.95. The maximum Gasteiger partial charge on any atom is 0.231 e. The summed E-state index contributed by atoms with van der Waals surface area (Å²) in [6, 6.07) is 10.4. The quantitative estimate of drug-likeness (QED) is 0.892. The molecule has 3 rings (SSSR count). The Kier molecular flexibility index (Phi) is 4.28. The second kappa shape index (κ2) is 6.36. The zero-order valence-corrected chi connectivity index (χ0v) is 13.8. The van der Waals surface area contributed by atoms with Gasteiger partial charge in [-0.1, -0.05) is 35.9 Å². The minimum absolute atomic E-state index is 0.0691. The summed E-state index contributed by atoms with van der Waals surface area (Å²) in [5, 5.41) is 11.1. The van der Waals surface area contributed by atoms with Gasteiger partial charge in [0, 0.05) is 19.0 Å². The first-order chi connectivity index (χ1) is 11.1. The van der Waals surface area contributed by atoms with Crippen LogP contribution in [-0.4, -0.2) is 27.2 Å². The number of nitrogens with one attached hydrogen (secondary N) is 1. The number of aromatic nitrogens is 3. The van der Waals surface area contributed by atoms with E-state index in [1.807, 2.05) is 29.7 Å². The lowest BCUT2D eigenvalue weighted by atomic mass is 10.1. The molecule has 1 unspecified atom stereocenters. The van der Waals surface area contributed by atoms with E-state index in [1.165, 1.54) is 5.57 Å². The topological polar surface area (TPSA) is 59.8 Å². The van der Waals surface area contributed by atoms with E-state index in [2.05, 4.69) is 41.5 Å². The van der Waals surface area contributed by atoms with Crippen molar-refractivity contribution in [2.45, 2.75) is 33.2 Å². The van der Waals surface area contributed by atoms with Crippen LogP contribution in [0.25, 0.3) is 5.57 Å². The van der Waals surface area contributed by atoms with Crippen molar-refractivity contribution < 1.29 is 4.79 Å². The largest absolute Gasteiger partial charge is 0.355 e. The van der Waals surface area contributed by atoms with Gasteiger partial charge in [0.25, 0.3) is 0 Å². The average molecular weight is 310 g/mol. The van der Waals surface area contributed by atoms with Crippen LogP contribution in [0.5, 0.6) is 0 Å². The van der Waals surface area contributed by atoms with Crippen molar-refractivity contribution in [3.05, 3.63) is 53.6 Å². The van der Waals surface area contributed by atoms with Crippen LogP contribution < -0.4 is 5.32 Å². The molecule has 0 saturated carbocycles. The van der Waals surface area contributed by atoms with Gasteiger partial charge in [-0.25, -0.2) is 0 Å². The highest BCUT2D eigenvalue weighted by atomic mass is 16.2. The molecule has 0 saturated heterocycles. The molecule has 1 aliphatic rings. The molecule has 0 aliphatic heterocycles. The van der Waals surface area contributed by atoms with Crippen LogP contribution in [0, 0.1) is 5.92 Å². The third kappa shape index (κ3) is 3.18. The molecule has 0 bridgehead atoms. The minimum Gasteiger partial charge on any atom is -0.355 e. The van der Waals surface area contributed by atoms with Gasteiger partial charge in [0.15, 0.2) is 0 Å². The van der Waals surface area contributed by atoms with Crippen molar-refractivity contribution in [1.82, 2.24) is 20.1 Å². The molecular weight excluding hydrogens is 288 g/mol. The van der Waals surface area contributed by atoms with E-state index in [4.69, 9.17) is 0 Å². The lowest BCUT2D eigenvalue weighted by Gasteiger charge is -2.10. The van der Waals surface area contributed by atoms with E-state index in [0.717, 1.165) is 17.0 Å². The number of carbonyl (C=O) groups excluding carboxylic acids is 1. The summed E-state index contributed by atoms with van der Waals surface area (Å²) in [7, 11) is 0. The number of hydrogen-bond acceptors (Lipinski definition) is 3. The first-order valence-electron chi connectivity index (χ1n) is 8.01. The summed E-state index contributed by atoms with van der Waals surface area (Å²) in [5.41, 5.74) is 3.47. The van der Waals surface area contributed by atoms with Crippen LogP contribution in [0.1, 0.15) is 38.2 Å². The number of benzene rings is 1. The molecule has 0 fully saturated rings. The summed E-state index contributed by atoms with van der Waals surface area (Å²) < 4.78 is 2.03. The molecule has 2 aromatic rings. The molecule has 5 nitrogen and oxygen atoms in total. The third-order valence-corrected chi connectivity index (χ3v) is 4.26. The molecule has 1 N–H and O–H groups in total. The Balaban J connectivity index is 1.53. The molecule has 0 radical (unpaired) electrons. The fourth-order valence-corrected chi connectivity index (χ4v) is 2.95. The SMILES string of the molecule is CC1=C(c2ccccc2)C1C(=O)NCCc1nncn1C(C)C. The van der Waals surface area contributed by atoms with Crippen LogP contribution in [0.2, 0.25) is 0 Å². The number of amides is 1. The highest BCUT2D eigenvalue weighted by Gasteiger charge is 2.39. The van der Waals surface area contributed by atoms with Gasteiger partial charge in [0.2, 0.25) is 5.91 Å². The van der Waals surface area contributed by atoms with Gasteiger partial charge in [-0.05, 0) is 31.9 Å². The molecule has 23 heavy (non-hydrogen) atoms. The first-order valence-corrected chi connectivity index (χ1v) is 8.01. The lowest BCUT2D eigenvalue weighted by Crippen LogP contribution is -2.29. The molecular formula is C18H22N4O. The van der Waals surface area contributed by atoms with E-state index in [0.29, 0.717) is 19.0 Å². The minimum atomic E-state index is -0.0691. The predicted molar refractivity (Wildman–Crippen MR) is 89.6 cm³/mol. The smallest absolute Gasteiger partial charge is 0.231 e. The standard InChI is InChI=1S/C18H22N4O/c1-12(2)22-11-20-21-15(22)9-10-19-18(23)17-13(3)16(17)14-7-5-4-6-8-14/h4-8,11-12,17H,9-10H2,1-3H3,(H,19,23). The maximum atomic E-state index is 12.4. The van der Waals surface area contributed by atoms with E-state index in [-0.39, 0.29) is 11.8 Å². The Morgan fingerprint density at radius 2 is 2.04 bits per heavy atom. The Hall–Kier alpha value is -2.43. The van der Waals surface area contributed by atoms with Crippen LogP contribution in [-0.2, 0) is 11.2 Å². The number of carbonyl (C=O) groups is 1. The van der Waals surface area contributed by atoms with E-state index >= 15 is 0 Å². The summed E-state index contributed by atoms with van der Waals surface area (Å²) in [5.74, 6) is 0.918. The van der Waals surface area contributed by atoms with Crippen LogP contribution in [0.4, 0.5) is 0 Å². The lowest BCUT2D eigenvalue weighted by molar-refractivity contribution is -0.121. The first kappa shape index (κ1) is 15.5. The second-order valence-corrected chi connectivity index (χ2v) is 6.18. The van der Waals surface area contributed by atoms with Crippen molar-refractivity contribution in [2.75, 3.05) is 6.54 Å². The monoisotopic (exact) mass is 310 g/mol. The molecule has 1 amide bonds. The van der Waals surface area contributed by atoms with Crippen molar-refractivity contribution in [1.29, 1.82) is 0 Å². The van der Waals surface area contributed by atoms with Crippen molar-refractivity contribution in [3.63, 3.8) is 0 Å². The van der Waals surface area contributed by atoms with Gasteiger partial charge in [-0.3, -0.25) is 4.79 Å². The van der Waals surface area contributed by atoms with Gasteiger partial charge in [-0.15, -0.1) is 10.2 Å². The summed E-state index contributed by atoms with van der Waals surface area (Å²) in [6.07, 6.45) is 2.43. The number of rotatable bonds is 6. The number of nitrogens with zero attached hydrogens (tertiary/aromatic N) is 3. The van der Waals surface area contributed by atoms with Crippen LogP contribution >= 0.6 is 0 Å². The van der Waals surface area contributed by atoms with E-state index in [9.17, 15) is 4.79 Å². The Morgan fingerprint density at radius 3 is 2.74 bits per heavy atom. The zero-order valence-electron chi connectivity index (χ0n) is 13.8. The van der Waals surface area contributed by atoms with Gasteiger partial charge < -0.3 is 9.88 Å². The molecule has 1 heterocycles. The van der Waals surface area contributed by atoms with Crippen molar-refractivity contribution in [2.24, 2.45) is 5.92 Å². The van der Waals surface area contributed by atoms with Gasteiger partial charge in [0.1, 0.15) is 12.2 Å². The zero-order chi connectivity index (χ0) is 16.4. The summed E-state index contributed by atoms with van der Waals surface area (Å²) in [4.78, 5) is 12.4. The van der Waals surface area contributed by atoms with Gasteiger partial charge in [0.05, 0.1) is 5.92 Å². The fraction of sp³-hybridized carbons (Fsp3) is 0.389.